The first-order valence-corrected chi connectivity index (χ1v) is 13.5. The molecule has 4 aromatic rings. The molecule has 2 aromatic carbocycles. The van der Waals surface area contributed by atoms with Crippen molar-refractivity contribution >= 4 is 22.8 Å². The Balaban J connectivity index is 1.52. The molecule has 198 valence electrons. The van der Waals surface area contributed by atoms with Crippen molar-refractivity contribution in [1.29, 1.82) is 0 Å². The first-order chi connectivity index (χ1) is 18.4. The maximum atomic E-state index is 13.6. The Morgan fingerprint density at radius 3 is 2.42 bits per heavy atom. The first kappa shape index (κ1) is 25.8. The molecule has 1 aliphatic heterocycles. The second-order valence-corrected chi connectivity index (χ2v) is 10.3. The average Bonchev–Trinajstić information content (AvgIpc) is 3.08. The van der Waals surface area contributed by atoms with Gasteiger partial charge in [-0.3, -0.25) is 4.79 Å². The number of rotatable bonds is 6. The van der Waals surface area contributed by atoms with Gasteiger partial charge >= 0.3 is 0 Å². The number of carbonyl (C=O) groups is 1. The molecule has 1 amide bonds. The van der Waals surface area contributed by atoms with Gasteiger partial charge in [-0.15, -0.1) is 0 Å². The zero-order valence-electron chi connectivity index (χ0n) is 22.6. The Kier molecular flexibility index (Phi) is 7.40. The molecule has 7 nitrogen and oxygen atoms in total. The molecule has 5 rings (SSSR count). The van der Waals surface area contributed by atoms with Gasteiger partial charge in [0.05, 0.1) is 16.8 Å². The number of nitrogens with zero attached hydrogens (tertiary/aromatic N) is 6. The molecule has 1 aliphatic rings. The van der Waals surface area contributed by atoms with Gasteiger partial charge in [-0.2, -0.15) is 5.10 Å². The summed E-state index contributed by atoms with van der Waals surface area (Å²) < 4.78 is 15.4. The second kappa shape index (κ2) is 10.9. The standard InChI is InChI=1S/C30H35FN6O/c1-5-7-21(3)27-32-28(26-22(4)34-37(29(26)33-27)25-14-12-24(31)13-15-25)35-16-6-17-36(19-18-35)30(38)23-10-8-20(2)9-11-23/h8-15,21H,5-7,16-19H2,1-4H3/t21-/m0/s1. The number of anilines is 1. The van der Waals surface area contributed by atoms with Crippen LogP contribution in [0.1, 0.15) is 66.5 Å². The minimum Gasteiger partial charge on any atom is -0.354 e. The molecule has 38 heavy (non-hydrogen) atoms. The molecular formula is C30H35FN6O. The van der Waals surface area contributed by atoms with Crippen molar-refractivity contribution in [2.24, 2.45) is 0 Å². The number of aryl methyl sites for hydroxylation is 2. The van der Waals surface area contributed by atoms with Gasteiger partial charge in [0.2, 0.25) is 0 Å². The summed E-state index contributed by atoms with van der Waals surface area (Å²) in [4.78, 5) is 27.5. The van der Waals surface area contributed by atoms with Crippen LogP contribution in [-0.4, -0.2) is 56.7 Å². The molecule has 0 spiro atoms. The van der Waals surface area contributed by atoms with Crippen molar-refractivity contribution in [2.75, 3.05) is 31.1 Å². The van der Waals surface area contributed by atoms with Crippen LogP contribution in [0.25, 0.3) is 16.7 Å². The molecule has 0 aliphatic carbocycles. The highest BCUT2D eigenvalue weighted by Crippen LogP contribution is 2.32. The van der Waals surface area contributed by atoms with Crippen LogP contribution < -0.4 is 4.90 Å². The van der Waals surface area contributed by atoms with E-state index in [2.05, 4.69) is 18.7 Å². The van der Waals surface area contributed by atoms with E-state index in [1.165, 1.54) is 12.1 Å². The lowest BCUT2D eigenvalue weighted by atomic mass is 10.1. The highest BCUT2D eigenvalue weighted by atomic mass is 19.1. The van der Waals surface area contributed by atoms with Crippen molar-refractivity contribution in [3.8, 4) is 5.69 Å². The third kappa shape index (κ3) is 5.12. The molecule has 3 heterocycles. The lowest BCUT2D eigenvalue weighted by Gasteiger charge is -2.24. The van der Waals surface area contributed by atoms with E-state index in [-0.39, 0.29) is 17.6 Å². The fourth-order valence-electron chi connectivity index (χ4n) is 5.16. The summed E-state index contributed by atoms with van der Waals surface area (Å²) in [6.45, 7) is 11.1. The molecule has 0 unspecified atom stereocenters. The van der Waals surface area contributed by atoms with Crippen LogP contribution in [0.3, 0.4) is 0 Å². The summed E-state index contributed by atoms with van der Waals surface area (Å²) in [5.41, 5.74) is 4.18. The molecule has 8 heteroatoms. The quantitative estimate of drug-likeness (QED) is 0.324. The summed E-state index contributed by atoms with van der Waals surface area (Å²) in [5.74, 6) is 1.62. The minimum absolute atomic E-state index is 0.0669. The number of hydrogen-bond acceptors (Lipinski definition) is 5. The molecule has 0 saturated carbocycles. The van der Waals surface area contributed by atoms with Crippen molar-refractivity contribution in [3.63, 3.8) is 0 Å². The SMILES string of the molecule is CCC[C@H](C)c1nc(N2CCCN(C(=O)c3ccc(C)cc3)CC2)c2c(C)nn(-c3ccc(F)cc3)c2n1. The Hall–Kier alpha value is -3.81. The van der Waals surface area contributed by atoms with Crippen LogP contribution in [-0.2, 0) is 0 Å². The van der Waals surface area contributed by atoms with Gasteiger partial charge in [0, 0.05) is 37.7 Å². The van der Waals surface area contributed by atoms with Crippen LogP contribution >= 0.6 is 0 Å². The van der Waals surface area contributed by atoms with Crippen LogP contribution in [0.2, 0.25) is 0 Å². The van der Waals surface area contributed by atoms with E-state index in [4.69, 9.17) is 15.1 Å². The fraction of sp³-hybridized carbons (Fsp3) is 0.400. The maximum absolute atomic E-state index is 13.6. The number of aromatic nitrogens is 4. The number of benzene rings is 2. The van der Waals surface area contributed by atoms with E-state index >= 15 is 0 Å². The van der Waals surface area contributed by atoms with E-state index in [1.807, 2.05) is 43.0 Å². The van der Waals surface area contributed by atoms with Crippen LogP contribution in [0.5, 0.6) is 0 Å². The molecule has 1 atom stereocenters. The maximum Gasteiger partial charge on any atom is 0.253 e. The van der Waals surface area contributed by atoms with Crippen LogP contribution in [0, 0.1) is 19.7 Å². The molecule has 1 saturated heterocycles. The molecule has 0 radical (unpaired) electrons. The Labute approximate surface area is 223 Å². The van der Waals surface area contributed by atoms with E-state index in [9.17, 15) is 9.18 Å². The topological polar surface area (TPSA) is 67.2 Å². The zero-order chi connectivity index (χ0) is 26.8. The number of hydrogen-bond donors (Lipinski definition) is 0. The highest BCUT2D eigenvalue weighted by Gasteiger charge is 2.26. The number of carbonyl (C=O) groups excluding carboxylic acids is 1. The van der Waals surface area contributed by atoms with E-state index in [0.717, 1.165) is 71.0 Å². The van der Waals surface area contributed by atoms with Crippen LogP contribution in [0.4, 0.5) is 10.2 Å². The van der Waals surface area contributed by atoms with Crippen molar-refractivity contribution < 1.29 is 9.18 Å². The van der Waals surface area contributed by atoms with Gasteiger partial charge in [0.1, 0.15) is 17.5 Å². The largest absolute Gasteiger partial charge is 0.354 e. The predicted molar refractivity (Wildman–Crippen MR) is 149 cm³/mol. The molecule has 0 bridgehead atoms. The van der Waals surface area contributed by atoms with E-state index in [0.29, 0.717) is 19.6 Å². The first-order valence-electron chi connectivity index (χ1n) is 13.5. The molecule has 0 N–H and O–H groups in total. The lowest BCUT2D eigenvalue weighted by Crippen LogP contribution is -2.35. The number of fused-ring (bicyclic) bond motifs is 1. The Bertz CT molecular complexity index is 1430. The molecule has 2 aromatic heterocycles. The summed E-state index contributed by atoms with van der Waals surface area (Å²) in [5, 5.41) is 5.71. The third-order valence-corrected chi connectivity index (χ3v) is 7.32. The van der Waals surface area contributed by atoms with Gasteiger partial charge in [-0.1, -0.05) is 38.0 Å². The Morgan fingerprint density at radius 2 is 1.71 bits per heavy atom. The second-order valence-electron chi connectivity index (χ2n) is 10.3. The van der Waals surface area contributed by atoms with Gasteiger partial charge in [-0.25, -0.2) is 19.0 Å². The van der Waals surface area contributed by atoms with Gasteiger partial charge in [-0.05, 0) is 63.1 Å². The molecular weight excluding hydrogens is 479 g/mol. The number of amides is 1. The number of halogens is 1. The van der Waals surface area contributed by atoms with Crippen LogP contribution in [0.15, 0.2) is 48.5 Å². The highest BCUT2D eigenvalue weighted by molar-refractivity contribution is 5.94. The summed E-state index contributed by atoms with van der Waals surface area (Å²) in [7, 11) is 0. The van der Waals surface area contributed by atoms with Gasteiger partial charge < -0.3 is 9.80 Å². The summed E-state index contributed by atoms with van der Waals surface area (Å²) in [6, 6.07) is 14.1. The fourth-order valence-corrected chi connectivity index (χ4v) is 5.16. The van der Waals surface area contributed by atoms with Crippen molar-refractivity contribution in [1.82, 2.24) is 24.6 Å². The monoisotopic (exact) mass is 514 g/mol. The van der Waals surface area contributed by atoms with Crippen molar-refractivity contribution in [3.05, 3.63) is 77.0 Å². The van der Waals surface area contributed by atoms with E-state index < -0.39 is 0 Å². The lowest BCUT2D eigenvalue weighted by molar-refractivity contribution is 0.0767. The zero-order valence-corrected chi connectivity index (χ0v) is 22.6. The predicted octanol–water partition coefficient (Wildman–Crippen LogP) is 5.83. The minimum atomic E-state index is -0.288. The van der Waals surface area contributed by atoms with Gasteiger partial charge in [0.15, 0.2) is 5.65 Å². The smallest absolute Gasteiger partial charge is 0.253 e. The third-order valence-electron chi connectivity index (χ3n) is 7.32. The van der Waals surface area contributed by atoms with E-state index in [1.54, 1.807) is 16.8 Å². The Morgan fingerprint density at radius 1 is 0.974 bits per heavy atom. The normalized spacial score (nSPS) is 15.1. The summed E-state index contributed by atoms with van der Waals surface area (Å²) >= 11 is 0. The van der Waals surface area contributed by atoms with Crippen molar-refractivity contribution in [2.45, 2.75) is 52.9 Å². The summed E-state index contributed by atoms with van der Waals surface area (Å²) in [6.07, 6.45) is 2.86. The van der Waals surface area contributed by atoms with Gasteiger partial charge in [0.25, 0.3) is 5.91 Å². The molecule has 1 fully saturated rings. The average molecular weight is 515 g/mol.